The summed E-state index contributed by atoms with van der Waals surface area (Å²) < 4.78 is 38.7. The van der Waals surface area contributed by atoms with Gasteiger partial charge in [0.2, 0.25) is 0 Å². The van der Waals surface area contributed by atoms with E-state index in [-0.39, 0.29) is 24.3 Å². The summed E-state index contributed by atoms with van der Waals surface area (Å²) in [6, 6.07) is 1.96. The van der Waals surface area contributed by atoms with Crippen molar-refractivity contribution >= 4 is 11.6 Å². The highest BCUT2D eigenvalue weighted by molar-refractivity contribution is 5.50. The molecule has 0 aliphatic rings. The Hall–Kier alpha value is -1.50. The molecule has 1 rings (SSSR count). The van der Waals surface area contributed by atoms with E-state index in [1.807, 2.05) is 13.8 Å². The smallest absolute Gasteiger partial charge is 0.396 e. The van der Waals surface area contributed by atoms with E-state index in [1.165, 1.54) is 0 Å². The van der Waals surface area contributed by atoms with Crippen molar-refractivity contribution in [3.05, 3.63) is 17.7 Å². The van der Waals surface area contributed by atoms with Crippen molar-refractivity contribution in [3.8, 4) is 0 Å². The van der Waals surface area contributed by atoms with Crippen LogP contribution in [-0.2, 0) is 6.18 Å². The highest BCUT2D eigenvalue weighted by Crippen LogP contribution is 2.32. The van der Waals surface area contributed by atoms with Crippen LogP contribution in [0, 0.1) is 0 Å². The first kappa shape index (κ1) is 17.6. The molecule has 21 heavy (non-hydrogen) atoms. The summed E-state index contributed by atoms with van der Waals surface area (Å²) >= 11 is 0. The summed E-state index contributed by atoms with van der Waals surface area (Å²) in [5.74, 6) is 0.400. The Labute approximate surface area is 122 Å². The van der Waals surface area contributed by atoms with E-state index in [2.05, 4.69) is 15.6 Å². The fourth-order valence-corrected chi connectivity index (χ4v) is 1.83. The summed E-state index contributed by atoms with van der Waals surface area (Å²) in [6.07, 6.45) is -2.36. The van der Waals surface area contributed by atoms with Crippen LogP contribution in [0.25, 0.3) is 0 Å². The molecule has 0 aromatic carbocycles. The van der Waals surface area contributed by atoms with Crippen LogP contribution >= 0.6 is 0 Å². The molecule has 0 spiro atoms. The van der Waals surface area contributed by atoms with E-state index in [4.69, 9.17) is 5.11 Å². The first-order valence-electron chi connectivity index (χ1n) is 7.07. The predicted molar refractivity (Wildman–Crippen MR) is 77.4 cm³/mol. The van der Waals surface area contributed by atoms with Gasteiger partial charge in [-0.25, -0.2) is 4.98 Å². The van der Waals surface area contributed by atoms with E-state index >= 15 is 0 Å². The van der Waals surface area contributed by atoms with Gasteiger partial charge in [0, 0.05) is 19.2 Å². The number of anilines is 2. The molecule has 4 nitrogen and oxygen atoms in total. The highest BCUT2D eigenvalue weighted by atomic mass is 19.4. The Kier molecular flexibility index (Phi) is 6.74. The molecule has 0 fully saturated rings. The van der Waals surface area contributed by atoms with Crippen LogP contribution in [0.5, 0.6) is 0 Å². The molecule has 1 atom stereocenters. The molecule has 0 aliphatic heterocycles. The van der Waals surface area contributed by atoms with Crippen LogP contribution in [0.2, 0.25) is 0 Å². The first-order valence-corrected chi connectivity index (χ1v) is 7.07. The number of nitrogens with one attached hydrogen (secondary N) is 2. The lowest BCUT2D eigenvalue weighted by Crippen LogP contribution is -2.18. The van der Waals surface area contributed by atoms with E-state index in [9.17, 15) is 13.2 Å². The van der Waals surface area contributed by atoms with Gasteiger partial charge in [-0.05, 0) is 38.3 Å². The second kappa shape index (κ2) is 8.07. The maximum absolute atomic E-state index is 12.9. The Bertz CT molecular complexity index is 438. The number of pyridine rings is 1. The van der Waals surface area contributed by atoms with Gasteiger partial charge in [-0.2, -0.15) is 13.2 Å². The van der Waals surface area contributed by atoms with Crippen molar-refractivity contribution in [1.29, 1.82) is 0 Å². The number of alkyl halides is 3. The molecule has 1 unspecified atom stereocenters. The van der Waals surface area contributed by atoms with Crippen LogP contribution in [-0.4, -0.2) is 29.3 Å². The Balaban J connectivity index is 2.90. The van der Waals surface area contributed by atoms with E-state index in [1.54, 1.807) is 0 Å². The Morgan fingerprint density at radius 3 is 2.52 bits per heavy atom. The third-order valence-electron chi connectivity index (χ3n) is 2.90. The largest absolute Gasteiger partial charge is 0.416 e. The lowest BCUT2D eigenvalue weighted by Gasteiger charge is -2.17. The summed E-state index contributed by atoms with van der Waals surface area (Å²) in [5.41, 5.74) is -0.729. The van der Waals surface area contributed by atoms with Crippen LogP contribution in [0.3, 0.4) is 0 Å². The van der Waals surface area contributed by atoms with Crippen molar-refractivity contribution in [2.24, 2.45) is 0 Å². The van der Waals surface area contributed by atoms with Gasteiger partial charge >= 0.3 is 6.18 Å². The van der Waals surface area contributed by atoms with Crippen molar-refractivity contribution in [2.45, 2.75) is 45.3 Å². The molecule has 1 aromatic rings. The highest BCUT2D eigenvalue weighted by Gasteiger charge is 2.31. The quantitative estimate of drug-likeness (QED) is 0.688. The molecule has 0 radical (unpaired) electrons. The zero-order chi connectivity index (χ0) is 15.9. The van der Waals surface area contributed by atoms with Crippen molar-refractivity contribution in [1.82, 2.24) is 4.98 Å². The van der Waals surface area contributed by atoms with Gasteiger partial charge in [0.15, 0.2) is 0 Å². The number of hydrogen-bond acceptors (Lipinski definition) is 4. The molecule has 1 aromatic heterocycles. The lowest BCUT2D eigenvalue weighted by atomic mass is 10.2. The molecule has 120 valence electrons. The van der Waals surface area contributed by atoms with Gasteiger partial charge in [0.25, 0.3) is 0 Å². The second-order valence-electron chi connectivity index (χ2n) is 4.96. The van der Waals surface area contributed by atoms with Crippen molar-refractivity contribution < 1.29 is 18.3 Å². The minimum Gasteiger partial charge on any atom is -0.396 e. The molecule has 0 saturated carbocycles. The summed E-state index contributed by atoms with van der Waals surface area (Å²) in [5, 5.41) is 14.6. The maximum atomic E-state index is 12.9. The lowest BCUT2D eigenvalue weighted by molar-refractivity contribution is -0.137. The topological polar surface area (TPSA) is 57.2 Å². The van der Waals surface area contributed by atoms with Gasteiger partial charge in [-0.3, -0.25) is 0 Å². The van der Waals surface area contributed by atoms with E-state index in [0.717, 1.165) is 18.6 Å². The van der Waals surface area contributed by atoms with Crippen LogP contribution in [0.1, 0.15) is 38.7 Å². The molecule has 3 N–H and O–H groups in total. The zero-order valence-electron chi connectivity index (χ0n) is 12.3. The average Bonchev–Trinajstić information content (AvgIpc) is 2.41. The average molecular weight is 305 g/mol. The fraction of sp³-hybridized carbons (Fsp3) is 0.643. The van der Waals surface area contributed by atoms with Gasteiger partial charge in [-0.15, -0.1) is 0 Å². The summed E-state index contributed by atoms with van der Waals surface area (Å²) in [6.45, 7) is 4.40. The minimum atomic E-state index is -4.41. The minimum absolute atomic E-state index is 0.0609. The normalized spacial score (nSPS) is 13.0. The van der Waals surface area contributed by atoms with Gasteiger partial charge in [0.05, 0.1) is 5.56 Å². The summed E-state index contributed by atoms with van der Waals surface area (Å²) in [7, 11) is 0. The number of aliphatic hydroxyl groups excluding tert-OH is 1. The second-order valence-corrected chi connectivity index (χ2v) is 4.96. The van der Waals surface area contributed by atoms with E-state index < -0.39 is 11.7 Å². The van der Waals surface area contributed by atoms with Crippen molar-refractivity contribution in [3.63, 3.8) is 0 Å². The molecule has 0 amide bonds. The zero-order valence-corrected chi connectivity index (χ0v) is 12.3. The Morgan fingerprint density at radius 1 is 1.29 bits per heavy atom. The number of aliphatic hydroxyl groups is 1. The number of nitrogens with zero attached hydrogens (tertiary/aromatic N) is 1. The van der Waals surface area contributed by atoms with Gasteiger partial charge in [-0.1, -0.05) is 6.92 Å². The molecular weight excluding hydrogens is 283 g/mol. The fourth-order valence-electron chi connectivity index (χ4n) is 1.83. The predicted octanol–water partition coefficient (Wildman–Crippen LogP) is 3.50. The molecule has 7 heteroatoms. The SMILES string of the molecule is CCCNc1cc(C(F)(F)F)cc(NC(C)CCCO)n1. The number of aromatic nitrogens is 1. The molecule has 0 aliphatic carbocycles. The number of rotatable bonds is 8. The van der Waals surface area contributed by atoms with Gasteiger partial charge in [0.1, 0.15) is 11.6 Å². The van der Waals surface area contributed by atoms with Crippen LogP contribution in [0.4, 0.5) is 24.8 Å². The van der Waals surface area contributed by atoms with Crippen molar-refractivity contribution in [2.75, 3.05) is 23.8 Å². The third kappa shape index (κ3) is 6.20. The third-order valence-corrected chi connectivity index (χ3v) is 2.90. The maximum Gasteiger partial charge on any atom is 0.416 e. The number of hydrogen-bond donors (Lipinski definition) is 3. The van der Waals surface area contributed by atoms with Gasteiger partial charge < -0.3 is 15.7 Å². The molecule has 0 bridgehead atoms. The van der Waals surface area contributed by atoms with Crippen LogP contribution < -0.4 is 10.6 Å². The molecule has 0 saturated heterocycles. The molecule has 1 heterocycles. The summed E-state index contributed by atoms with van der Waals surface area (Å²) in [4.78, 5) is 4.15. The first-order chi connectivity index (χ1) is 9.86. The Morgan fingerprint density at radius 2 is 1.95 bits per heavy atom. The molecular formula is C14H22F3N3O. The standard InChI is InChI=1S/C14H22F3N3O/c1-3-6-18-12-8-11(14(15,16)17)9-13(20-12)19-10(2)5-4-7-21/h8-10,21H,3-7H2,1-2H3,(H2,18,19,20). The monoisotopic (exact) mass is 305 g/mol. The van der Waals surface area contributed by atoms with E-state index in [0.29, 0.717) is 19.4 Å². The van der Waals surface area contributed by atoms with Crippen LogP contribution in [0.15, 0.2) is 12.1 Å². The number of halogens is 3.